The first-order chi connectivity index (χ1) is 11.6. The van der Waals surface area contributed by atoms with Gasteiger partial charge < -0.3 is 4.90 Å². The van der Waals surface area contributed by atoms with Gasteiger partial charge in [-0.2, -0.15) is 4.39 Å². The second kappa shape index (κ2) is 8.57. The minimum atomic E-state index is -0.502. The molecule has 2 aromatic rings. The number of rotatable bonds is 7. The van der Waals surface area contributed by atoms with E-state index < -0.39 is 5.95 Å². The SMILES string of the molecule is CCCCN(CCC)C(=O)c1ccc(C)c(-c2ccc(F)nc2)c1. The zero-order valence-corrected chi connectivity index (χ0v) is 14.7. The van der Waals surface area contributed by atoms with E-state index in [4.69, 9.17) is 0 Å². The van der Waals surface area contributed by atoms with Crippen LogP contribution >= 0.6 is 0 Å². The molecule has 0 N–H and O–H groups in total. The van der Waals surface area contributed by atoms with Crippen LogP contribution in [0.4, 0.5) is 4.39 Å². The van der Waals surface area contributed by atoms with Gasteiger partial charge in [-0.05, 0) is 55.2 Å². The van der Waals surface area contributed by atoms with E-state index >= 15 is 0 Å². The van der Waals surface area contributed by atoms with E-state index in [1.54, 1.807) is 6.07 Å². The molecule has 4 heteroatoms. The van der Waals surface area contributed by atoms with E-state index in [1.807, 2.05) is 30.0 Å². The van der Waals surface area contributed by atoms with Crippen molar-refractivity contribution >= 4 is 5.91 Å². The molecule has 0 fully saturated rings. The Bertz CT molecular complexity index is 683. The molecule has 3 nitrogen and oxygen atoms in total. The lowest BCUT2D eigenvalue weighted by atomic mass is 9.99. The molecule has 0 aliphatic rings. The van der Waals surface area contributed by atoms with Gasteiger partial charge in [0.1, 0.15) is 0 Å². The number of aryl methyl sites for hydroxylation is 1. The zero-order chi connectivity index (χ0) is 17.5. The Morgan fingerprint density at radius 2 is 1.92 bits per heavy atom. The molecule has 1 heterocycles. The number of carbonyl (C=O) groups is 1. The normalized spacial score (nSPS) is 10.7. The second-order valence-corrected chi connectivity index (χ2v) is 6.05. The van der Waals surface area contributed by atoms with Gasteiger partial charge >= 0.3 is 0 Å². The number of benzene rings is 1. The fraction of sp³-hybridized carbons (Fsp3) is 0.400. The molecule has 0 saturated carbocycles. The number of nitrogens with zero attached hydrogens (tertiary/aromatic N) is 2. The summed E-state index contributed by atoms with van der Waals surface area (Å²) >= 11 is 0. The van der Waals surface area contributed by atoms with Gasteiger partial charge in [-0.3, -0.25) is 4.79 Å². The predicted octanol–water partition coefficient (Wildman–Crippen LogP) is 4.85. The number of pyridine rings is 1. The van der Waals surface area contributed by atoms with Crippen molar-refractivity contribution in [2.24, 2.45) is 0 Å². The Kier molecular flexibility index (Phi) is 6.47. The highest BCUT2D eigenvalue weighted by atomic mass is 19.1. The van der Waals surface area contributed by atoms with Crippen molar-refractivity contribution in [2.45, 2.75) is 40.0 Å². The number of amides is 1. The van der Waals surface area contributed by atoms with Crippen LogP contribution in [0.1, 0.15) is 49.0 Å². The average molecular weight is 328 g/mol. The van der Waals surface area contributed by atoms with Crippen molar-refractivity contribution in [3.8, 4) is 11.1 Å². The molecule has 0 saturated heterocycles. The Hall–Kier alpha value is -2.23. The van der Waals surface area contributed by atoms with Crippen LogP contribution in [0.3, 0.4) is 0 Å². The maximum absolute atomic E-state index is 13.0. The fourth-order valence-corrected chi connectivity index (χ4v) is 2.72. The summed E-state index contributed by atoms with van der Waals surface area (Å²) in [6, 6.07) is 8.73. The lowest BCUT2D eigenvalue weighted by Gasteiger charge is -2.22. The van der Waals surface area contributed by atoms with Crippen LogP contribution in [0.2, 0.25) is 0 Å². The molecule has 1 aromatic carbocycles. The van der Waals surface area contributed by atoms with Crippen LogP contribution in [-0.2, 0) is 0 Å². The van der Waals surface area contributed by atoms with E-state index in [0.29, 0.717) is 5.56 Å². The van der Waals surface area contributed by atoms with E-state index in [1.165, 1.54) is 12.3 Å². The van der Waals surface area contributed by atoms with Crippen LogP contribution < -0.4 is 0 Å². The lowest BCUT2D eigenvalue weighted by Crippen LogP contribution is -2.32. The van der Waals surface area contributed by atoms with E-state index in [9.17, 15) is 9.18 Å². The number of aromatic nitrogens is 1. The summed E-state index contributed by atoms with van der Waals surface area (Å²) in [7, 11) is 0. The minimum Gasteiger partial charge on any atom is -0.339 e. The van der Waals surface area contributed by atoms with Crippen LogP contribution in [0.15, 0.2) is 36.5 Å². The highest BCUT2D eigenvalue weighted by Gasteiger charge is 2.16. The van der Waals surface area contributed by atoms with Gasteiger partial charge in [0.15, 0.2) is 0 Å². The molecule has 24 heavy (non-hydrogen) atoms. The van der Waals surface area contributed by atoms with E-state index in [-0.39, 0.29) is 5.91 Å². The summed E-state index contributed by atoms with van der Waals surface area (Å²) in [4.78, 5) is 18.5. The van der Waals surface area contributed by atoms with Crippen molar-refractivity contribution in [1.82, 2.24) is 9.88 Å². The third kappa shape index (κ3) is 4.40. The van der Waals surface area contributed by atoms with Crippen molar-refractivity contribution in [2.75, 3.05) is 13.1 Å². The summed E-state index contributed by atoms with van der Waals surface area (Å²) in [6.45, 7) is 7.73. The summed E-state index contributed by atoms with van der Waals surface area (Å²) in [5.74, 6) is -0.445. The average Bonchev–Trinajstić information content (AvgIpc) is 2.59. The summed E-state index contributed by atoms with van der Waals surface area (Å²) in [5.41, 5.74) is 3.44. The first-order valence-electron chi connectivity index (χ1n) is 8.58. The molecule has 1 aromatic heterocycles. The third-order valence-electron chi connectivity index (χ3n) is 4.09. The van der Waals surface area contributed by atoms with Gasteiger partial charge in [0.25, 0.3) is 5.91 Å². The van der Waals surface area contributed by atoms with Crippen molar-refractivity contribution in [3.05, 3.63) is 53.6 Å². The maximum atomic E-state index is 13.0. The number of unbranched alkanes of at least 4 members (excludes halogenated alkanes) is 1. The number of halogens is 1. The number of hydrogen-bond acceptors (Lipinski definition) is 2. The van der Waals surface area contributed by atoms with Crippen LogP contribution in [0, 0.1) is 12.9 Å². The first kappa shape index (κ1) is 18.1. The topological polar surface area (TPSA) is 33.2 Å². The largest absolute Gasteiger partial charge is 0.339 e. The first-order valence-corrected chi connectivity index (χ1v) is 8.58. The fourth-order valence-electron chi connectivity index (χ4n) is 2.72. The van der Waals surface area contributed by atoms with Crippen LogP contribution in [0.25, 0.3) is 11.1 Å². The van der Waals surface area contributed by atoms with Gasteiger partial charge in [0, 0.05) is 30.4 Å². The molecule has 0 atom stereocenters. The minimum absolute atomic E-state index is 0.0571. The molecular formula is C20H25FN2O. The highest BCUT2D eigenvalue weighted by Crippen LogP contribution is 2.25. The second-order valence-electron chi connectivity index (χ2n) is 6.05. The summed E-state index contributed by atoms with van der Waals surface area (Å²) in [6.07, 6.45) is 4.52. The van der Waals surface area contributed by atoms with Gasteiger partial charge in [0.05, 0.1) is 0 Å². The molecular weight excluding hydrogens is 303 g/mol. The van der Waals surface area contributed by atoms with Gasteiger partial charge in [0.2, 0.25) is 5.95 Å². The smallest absolute Gasteiger partial charge is 0.253 e. The Morgan fingerprint density at radius 3 is 2.54 bits per heavy atom. The number of carbonyl (C=O) groups excluding carboxylic acids is 1. The van der Waals surface area contributed by atoms with Crippen molar-refractivity contribution in [1.29, 1.82) is 0 Å². The van der Waals surface area contributed by atoms with E-state index in [2.05, 4.69) is 18.8 Å². The molecule has 2 rings (SSSR count). The van der Waals surface area contributed by atoms with Gasteiger partial charge in [-0.25, -0.2) is 4.98 Å². The summed E-state index contributed by atoms with van der Waals surface area (Å²) in [5, 5.41) is 0. The van der Waals surface area contributed by atoms with Crippen molar-refractivity contribution in [3.63, 3.8) is 0 Å². The van der Waals surface area contributed by atoms with Crippen LogP contribution in [0.5, 0.6) is 0 Å². The molecule has 0 aliphatic heterocycles. The molecule has 0 bridgehead atoms. The third-order valence-corrected chi connectivity index (χ3v) is 4.09. The van der Waals surface area contributed by atoms with Gasteiger partial charge in [-0.1, -0.05) is 26.3 Å². The molecule has 0 unspecified atom stereocenters. The number of hydrogen-bond donors (Lipinski definition) is 0. The molecule has 0 spiro atoms. The van der Waals surface area contributed by atoms with Crippen molar-refractivity contribution < 1.29 is 9.18 Å². The highest BCUT2D eigenvalue weighted by molar-refractivity contribution is 5.95. The quantitative estimate of drug-likeness (QED) is 0.681. The van der Waals surface area contributed by atoms with E-state index in [0.717, 1.165) is 49.0 Å². The lowest BCUT2D eigenvalue weighted by molar-refractivity contribution is 0.0753. The maximum Gasteiger partial charge on any atom is 0.253 e. The molecule has 0 radical (unpaired) electrons. The molecule has 0 aliphatic carbocycles. The predicted molar refractivity (Wildman–Crippen MR) is 95.5 cm³/mol. The summed E-state index contributed by atoms with van der Waals surface area (Å²) < 4.78 is 13.0. The standard InChI is InChI=1S/C20H25FN2O/c1-4-6-12-23(11-5-2)20(24)16-8-7-15(3)18(13-16)17-9-10-19(21)22-14-17/h7-10,13-14H,4-6,11-12H2,1-3H3. The van der Waals surface area contributed by atoms with Crippen LogP contribution in [-0.4, -0.2) is 28.9 Å². The Labute approximate surface area is 143 Å². The molecule has 128 valence electrons. The van der Waals surface area contributed by atoms with Gasteiger partial charge in [-0.15, -0.1) is 0 Å². The zero-order valence-electron chi connectivity index (χ0n) is 14.7. The molecule has 1 amide bonds. The monoisotopic (exact) mass is 328 g/mol. The Balaban J connectivity index is 2.31. The Morgan fingerprint density at radius 1 is 1.12 bits per heavy atom.